The lowest BCUT2D eigenvalue weighted by Crippen LogP contribution is -2.22. The van der Waals surface area contributed by atoms with Gasteiger partial charge in [0.15, 0.2) is 5.17 Å². The minimum atomic E-state index is 0.386. The molecule has 0 saturated carbocycles. The van der Waals surface area contributed by atoms with Crippen LogP contribution in [0.15, 0.2) is 23.2 Å². The fraction of sp³-hybridized carbons (Fsp3) is 0.417. The monoisotopic (exact) mass is 380 g/mol. The van der Waals surface area contributed by atoms with E-state index in [2.05, 4.69) is 46.7 Å². The summed E-state index contributed by atoms with van der Waals surface area (Å²) in [4.78, 5) is 4.60. The second-order valence-corrected chi connectivity index (χ2v) is 7.28. The Balaban J connectivity index is 2.15. The molecule has 0 spiro atoms. The van der Waals surface area contributed by atoms with Gasteiger partial charge in [0.05, 0.1) is 16.8 Å². The van der Waals surface area contributed by atoms with Crippen molar-refractivity contribution in [2.45, 2.75) is 31.6 Å². The second-order valence-electron chi connectivity index (χ2n) is 4.20. The van der Waals surface area contributed by atoms with Crippen LogP contribution < -0.4 is 5.32 Å². The second kappa shape index (κ2) is 5.80. The lowest BCUT2D eigenvalue weighted by atomic mass is 10.2. The number of benzene rings is 1. The third-order valence-electron chi connectivity index (χ3n) is 2.50. The molecular weight excluding hydrogens is 367 g/mol. The molecule has 0 radical (unpaired) electrons. The van der Waals surface area contributed by atoms with Crippen molar-refractivity contribution in [3.8, 4) is 0 Å². The largest absolute Gasteiger partial charge is 0.334 e. The maximum Gasteiger partial charge on any atom is 0.161 e. The van der Waals surface area contributed by atoms with E-state index >= 15 is 0 Å². The molecule has 0 amide bonds. The van der Waals surface area contributed by atoms with E-state index in [1.165, 1.54) is 0 Å². The van der Waals surface area contributed by atoms with Crippen LogP contribution in [0.3, 0.4) is 0 Å². The van der Waals surface area contributed by atoms with Crippen molar-refractivity contribution in [3.63, 3.8) is 0 Å². The van der Waals surface area contributed by atoms with Gasteiger partial charge in [0.1, 0.15) is 0 Å². The first-order valence-corrected chi connectivity index (χ1v) is 7.85. The average molecular weight is 381 g/mol. The molecule has 1 aromatic rings. The van der Waals surface area contributed by atoms with Gasteiger partial charge in [-0.15, -0.1) is 0 Å². The topological polar surface area (TPSA) is 24.4 Å². The van der Waals surface area contributed by atoms with E-state index in [9.17, 15) is 0 Å². The maximum absolute atomic E-state index is 6.19. The lowest BCUT2D eigenvalue weighted by molar-refractivity contribution is 0.661. The van der Waals surface area contributed by atoms with Crippen LogP contribution in [0.25, 0.3) is 0 Å². The first kappa shape index (κ1) is 13.5. The van der Waals surface area contributed by atoms with Crippen LogP contribution in [0.4, 0.5) is 5.69 Å². The number of rotatable bonds is 1. The smallest absolute Gasteiger partial charge is 0.161 e. The van der Waals surface area contributed by atoms with Crippen molar-refractivity contribution in [3.05, 3.63) is 26.8 Å². The summed E-state index contributed by atoms with van der Waals surface area (Å²) in [5.41, 5.74) is 0.930. The summed E-state index contributed by atoms with van der Waals surface area (Å²) in [5.74, 6) is 0. The number of hydrogen-bond donors (Lipinski definition) is 1. The Morgan fingerprint density at radius 3 is 2.88 bits per heavy atom. The Kier molecular flexibility index (Phi) is 4.60. The van der Waals surface area contributed by atoms with Crippen molar-refractivity contribution >= 4 is 56.8 Å². The number of nitrogens with zero attached hydrogens (tertiary/aromatic N) is 1. The molecule has 0 bridgehead atoms. The zero-order chi connectivity index (χ0) is 12.4. The molecule has 2 unspecified atom stereocenters. The number of thioether (sulfide) groups is 1. The van der Waals surface area contributed by atoms with E-state index in [1.807, 2.05) is 18.2 Å². The number of hydrogen-bond acceptors (Lipinski definition) is 3. The molecule has 0 saturated heterocycles. The van der Waals surface area contributed by atoms with Crippen LogP contribution in [0.1, 0.15) is 20.3 Å². The molecule has 5 heteroatoms. The van der Waals surface area contributed by atoms with Crippen molar-refractivity contribution in [2.24, 2.45) is 4.99 Å². The molecular formula is C12H14ClIN2S. The fourth-order valence-electron chi connectivity index (χ4n) is 1.77. The molecule has 2 rings (SSSR count). The van der Waals surface area contributed by atoms with E-state index < -0.39 is 0 Å². The number of halogens is 2. The molecule has 2 nitrogen and oxygen atoms in total. The first-order valence-electron chi connectivity index (χ1n) is 5.51. The summed E-state index contributed by atoms with van der Waals surface area (Å²) in [6.07, 6.45) is 1.14. The highest BCUT2D eigenvalue weighted by atomic mass is 127. The molecule has 2 atom stereocenters. The highest BCUT2D eigenvalue weighted by molar-refractivity contribution is 14.1. The summed E-state index contributed by atoms with van der Waals surface area (Å²) < 4.78 is 1.14. The van der Waals surface area contributed by atoms with Gasteiger partial charge in [-0.25, -0.2) is 0 Å². The van der Waals surface area contributed by atoms with E-state index in [1.54, 1.807) is 11.8 Å². The summed E-state index contributed by atoms with van der Waals surface area (Å²) in [5, 5.41) is 5.63. The van der Waals surface area contributed by atoms with Crippen molar-refractivity contribution in [2.75, 3.05) is 5.32 Å². The highest BCUT2D eigenvalue weighted by Gasteiger charge is 2.18. The van der Waals surface area contributed by atoms with Gasteiger partial charge >= 0.3 is 0 Å². The normalized spacial score (nSPS) is 24.4. The zero-order valence-corrected chi connectivity index (χ0v) is 13.4. The van der Waals surface area contributed by atoms with Crippen molar-refractivity contribution in [1.29, 1.82) is 0 Å². The van der Waals surface area contributed by atoms with Crippen LogP contribution in [-0.2, 0) is 0 Å². The molecule has 1 aromatic carbocycles. The maximum atomic E-state index is 6.19. The van der Waals surface area contributed by atoms with Gasteiger partial charge in [0.2, 0.25) is 0 Å². The minimum absolute atomic E-state index is 0.386. The van der Waals surface area contributed by atoms with Crippen LogP contribution in [0, 0.1) is 3.57 Å². The zero-order valence-electron chi connectivity index (χ0n) is 9.71. The summed E-state index contributed by atoms with van der Waals surface area (Å²) >= 11 is 10.2. The number of aliphatic imine (C=N–C) groups is 1. The summed E-state index contributed by atoms with van der Waals surface area (Å²) in [6.45, 7) is 4.38. The van der Waals surface area contributed by atoms with Gasteiger partial charge in [-0.2, -0.15) is 0 Å². The Hall–Kier alpha value is 0.0600. The highest BCUT2D eigenvalue weighted by Crippen LogP contribution is 2.29. The Labute approximate surface area is 125 Å². The number of amidine groups is 1. The minimum Gasteiger partial charge on any atom is -0.334 e. The van der Waals surface area contributed by atoms with Gasteiger partial charge in [-0.05, 0) is 54.1 Å². The quantitative estimate of drug-likeness (QED) is 0.719. The molecule has 1 N–H and O–H groups in total. The van der Waals surface area contributed by atoms with Crippen LogP contribution in [0.5, 0.6) is 0 Å². The predicted molar refractivity (Wildman–Crippen MR) is 86.4 cm³/mol. The average Bonchev–Trinajstić information content (AvgIpc) is 2.21. The predicted octanol–water partition coefficient (Wildman–Crippen LogP) is 4.63. The van der Waals surface area contributed by atoms with E-state index in [0.29, 0.717) is 11.3 Å². The molecule has 17 heavy (non-hydrogen) atoms. The Morgan fingerprint density at radius 1 is 1.47 bits per heavy atom. The van der Waals surface area contributed by atoms with E-state index in [0.717, 1.165) is 25.9 Å². The Morgan fingerprint density at radius 2 is 2.24 bits per heavy atom. The van der Waals surface area contributed by atoms with Gasteiger partial charge in [0, 0.05) is 8.82 Å². The lowest BCUT2D eigenvalue weighted by Gasteiger charge is -2.23. The molecule has 0 fully saturated rings. The van der Waals surface area contributed by atoms with Crippen molar-refractivity contribution < 1.29 is 0 Å². The fourth-order valence-corrected chi connectivity index (χ4v) is 3.84. The molecule has 0 aromatic heterocycles. The third-order valence-corrected chi connectivity index (χ3v) is 4.51. The van der Waals surface area contributed by atoms with Crippen LogP contribution >= 0.6 is 46.0 Å². The molecule has 0 aliphatic carbocycles. The van der Waals surface area contributed by atoms with E-state index in [-0.39, 0.29) is 0 Å². The number of nitrogens with one attached hydrogen (secondary N) is 1. The van der Waals surface area contributed by atoms with Crippen molar-refractivity contribution in [1.82, 2.24) is 0 Å². The van der Waals surface area contributed by atoms with E-state index in [4.69, 9.17) is 11.6 Å². The van der Waals surface area contributed by atoms with Gasteiger partial charge < -0.3 is 5.32 Å². The van der Waals surface area contributed by atoms with Crippen LogP contribution in [0.2, 0.25) is 5.02 Å². The third kappa shape index (κ3) is 3.76. The molecule has 92 valence electrons. The van der Waals surface area contributed by atoms with Gasteiger partial charge in [-0.3, -0.25) is 4.99 Å². The first-order chi connectivity index (χ1) is 8.04. The molecule has 1 aliphatic heterocycles. The van der Waals surface area contributed by atoms with Crippen LogP contribution in [-0.4, -0.2) is 16.5 Å². The molecule has 1 aliphatic rings. The summed E-state index contributed by atoms with van der Waals surface area (Å²) in [6, 6.07) is 6.37. The van der Waals surface area contributed by atoms with Gasteiger partial charge in [0.25, 0.3) is 0 Å². The summed E-state index contributed by atoms with van der Waals surface area (Å²) in [7, 11) is 0. The SMILES string of the molecule is CC1CC(C)SC(Nc2ccc(I)cc2Cl)=N1. The van der Waals surface area contributed by atoms with Gasteiger partial charge in [-0.1, -0.05) is 30.3 Å². The number of anilines is 1. The Bertz CT molecular complexity index is 450. The molecule has 1 heterocycles. The standard InChI is InChI=1S/C12H14ClIN2S/c1-7-5-8(2)17-12(15-7)16-11-4-3-9(14)6-10(11)13/h3-4,6-8H,5H2,1-2H3,(H,15,16).